The van der Waals surface area contributed by atoms with Crippen LogP contribution >= 0.6 is 11.6 Å². The number of fused-ring (bicyclic) bond motifs is 1. The lowest BCUT2D eigenvalue weighted by Gasteiger charge is -2.08. The number of halogens is 1. The van der Waals surface area contributed by atoms with Gasteiger partial charge in [-0.25, -0.2) is 4.98 Å². The first-order valence-corrected chi connectivity index (χ1v) is 8.82. The number of hydrogen-bond donors (Lipinski definition) is 0. The van der Waals surface area contributed by atoms with Crippen molar-refractivity contribution < 1.29 is 0 Å². The summed E-state index contributed by atoms with van der Waals surface area (Å²) in [6.07, 6.45) is 8.80. The molecular weight excluding hydrogens is 280 g/mol. The Morgan fingerprint density at radius 2 is 1.86 bits per heavy atom. The zero-order valence-electron chi connectivity index (χ0n) is 13.4. The fourth-order valence-electron chi connectivity index (χ4n) is 2.91. The van der Waals surface area contributed by atoms with Crippen LogP contribution in [0.1, 0.15) is 56.8 Å². The largest absolute Gasteiger partial charge is 0.328 e. The number of para-hydroxylation sites is 1. The molecule has 1 aromatic carbocycles. The van der Waals surface area contributed by atoms with Crippen LogP contribution in [0.4, 0.5) is 0 Å². The maximum atomic E-state index is 5.94. The molecule has 0 aliphatic carbocycles. The highest BCUT2D eigenvalue weighted by Gasteiger charge is 2.11. The molecule has 0 amide bonds. The van der Waals surface area contributed by atoms with Crippen LogP contribution in [0.5, 0.6) is 0 Å². The summed E-state index contributed by atoms with van der Waals surface area (Å²) in [7, 11) is 0. The number of aryl methyl sites for hydroxylation is 3. The van der Waals surface area contributed by atoms with Crippen LogP contribution in [0.2, 0.25) is 0 Å². The highest BCUT2D eigenvalue weighted by molar-refractivity contribution is 6.17. The quantitative estimate of drug-likeness (QED) is 0.442. The van der Waals surface area contributed by atoms with Crippen LogP contribution in [0.3, 0.4) is 0 Å². The van der Waals surface area contributed by atoms with E-state index in [1.807, 2.05) is 0 Å². The van der Waals surface area contributed by atoms with Crippen LogP contribution in [-0.4, -0.2) is 15.4 Å². The molecule has 1 heterocycles. The Balaban J connectivity index is 2.06. The van der Waals surface area contributed by atoms with E-state index in [2.05, 4.69) is 36.6 Å². The van der Waals surface area contributed by atoms with Crippen LogP contribution in [-0.2, 0) is 13.0 Å². The van der Waals surface area contributed by atoms with Crippen molar-refractivity contribution in [1.82, 2.24) is 9.55 Å². The molecule has 2 nitrogen and oxygen atoms in total. The number of rotatable bonds is 9. The van der Waals surface area contributed by atoms with Gasteiger partial charge in [-0.05, 0) is 25.0 Å². The van der Waals surface area contributed by atoms with Gasteiger partial charge in [0.1, 0.15) is 5.82 Å². The third-order valence-corrected chi connectivity index (χ3v) is 4.30. The van der Waals surface area contributed by atoms with Crippen molar-refractivity contribution in [3.8, 4) is 0 Å². The summed E-state index contributed by atoms with van der Waals surface area (Å²) in [5, 5.41) is 0. The summed E-state index contributed by atoms with van der Waals surface area (Å²) in [4.78, 5) is 4.81. The fourth-order valence-corrected chi connectivity index (χ4v) is 3.08. The van der Waals surface area contributed by atoms with E-state index in [0.717, 1.165) is 24.3 Å². The van der Waals surface area contributed by atoms with E-state index in [-0.39, 0.29) is 0 Å². The van der Waals surface area contributed by atoms with Gasteiger partial charge in [0.15, 0.2) is 0 Å². The van der Waals surface area contributed by atoms with E-state index in [9.17, 15) is 0 Å². The lowest BCUT2D eigenvalue weighted by atomic mass is 10.1. The van der Waals surface area contributed by atoms with E-state index in [0.29, 0.717) is 5.88 Å². The minimum Gasteiger partial charge on any atom is -0.328 e. The fraction of sp³-hybridized carbons (Fsp3) is 0.611. The summed E-state index contributed by atoms with van der Waals surface area (Å²) in [5.74, 6) is 1.78. The molecule has 0 saturated heterocycles. The molecule has 0 spiro atoms. The minimum atomic E-state index is 0.638. The van der Waals surface area contributed by atoms with E-state index in [4.69, 9.17) is 16.6 Å². The summed E-state index contributed by atoms with van der Waals surface area (Å²) >= 11 is 5.94. The summed E-state index contributed by atoms with van der Waals surface area (Å²) < 4.78 is 2.38. The van der Waals surface area contributed by atoms with Crippen LogP contribution in [0, 0.1) is 6.92 Å². The maximum Gasteiger partial charge on any atom is 0.111 e. The highest BCUT2D eigenvalue weighted by atomic mass is 35.5. The average molecular weight is 307 g/mol. The average Bonchev–Trinajstić information content (AvgIpc) is 2.83. The van der Waals surface area contributed by atoms with Gasteiger partial charge in [-0.15, -0.1) is 11.6 Å². The number of alkyl halides is 1. The second kappa shape index (κ2) is 8.43. The Labute approximate surface area is 133 Å². The molecule has 0 saturated carbocycles. The van der Waals surface area contributed by atoms with Gasteiger partial charge in [-0.2, -0.15) is 0 Å². The zero-order valence-corrected chi connectivity index (χ0v) is 14.1. The first-order chi connectivity index (χ1) is 10.3. The summed E-state index contributed by atoms with van der Waals surface area (Å²) in [6.45, 7) is 5.46. The van der Waals surface area contributed by atoms with Crippen LogP contribution in [0.25, 0.3) is 11.0 Å². The van der Waals surface area contributed by atoms with Gasteiger partial charge in [0, 0.05) is 18.8 Å². The van der Waals surface area contributed by atoms with Gasteiger partial charge in [0.2, 0.25) is 0 Å². The van der Waals surface area contributed by atoms with Gasteiger partial charge in [0.05, 0.1) is 11.0 Å². The molecular formula is C18H27ClN2. The van der Waals surface area contributed by atoms with Gasteiger partial charge in [0.25, 0.3) is 0 Å². The van der Waals surface area contributed by atoms with E-state index in [1.165, 1.54) is 49.6 Å². The van der Waals surface area contributed by atoms with Crippen molar-refractivity contribution in [3.63, 3.8) is 0 Å². The SMILES string of the molecule is CCCCCCCCn1c(CCCl)nc2c(C)cccc21. The third kappa shape index (κ3) is 4.23. The summed E-state index contributed by atoms with van der Waals surface area (Å²) in [6, 6.07) is 6.45. The van der Waals surface area contributed by atoms with Gasteiger partial charge >= 0.3 is 0 Å². The Morgan fingerprint density at radius 3 is 2.62 bits per heavy atom. The van der Waals surface area contributed by atoms with Gasteiger partial charge in [-0.3, -0.25) is 0 Å². The predicted octanol–water partition coefficient (Wildman–Crippen LogP) is 5.49. The molecule has 21 heavy (non-hydrogen) atoms. The van der Waals surface area contributed by atoms with Crippen LogP contribution in [0.15, 0.2) is 18.2 Å². The second-order valence-electron chi connectivity index (χ2n) is 5.83. The summed E-state index contributed by atoms with van der Waals surface area (Å²) in [5.41, 5.74) is 3.66. The molecule has 0 aliphatic rings. The Bertz CT molecular complexity index is 560. The van der Waals surface area contributed by atoms with Gasteiger partial charge < -0.3 is 4.57 Å². The molecule has 0 bridgehead atoms. The molecule has 0 radical (unpaired) electrons. The predicted molar refractivity (Wildman–Crippen MR) is 92.3 cm³/mol. The highest BCUT2D eigenvalue weighted by Crippen LogP contribution is 2.21. The van der Waals surface area contributed by atoms with E-state index >= 15 is 0 Å². The van der Waals surface area contributed by atoms with Crippen molar-refractivity contribution >= 4 is 22.6 Å². The van der Waals surface area contributed by atoms with E-state index in [1.54, 1.807) is 0 Å². The molecule has 1 aromatic heterocycles. The molecule has 0 fully saturated rings. The Morgan fingerprint density at radius 1 is 1.10 bits per heavy atom. The Kier molecular flexibility index (Phi) is 6.56. The molecule has 0 aliphatic heterocycles. The monoisotopic (exact) mass is 306 g/mol. The molecule has 2 rings (SSSR count). The number of nitrogens with zero attached hydrogens (tertiary/aromatic N) is 2. The second-order valence-corrected chi connectivity index (χ2v) is 6.21. The maximum absolute atomic E-state index is 5.94. The lowest BCUT2D eigenvalue weighted by molar-refractivity contribution is 0.554. The lowest BCUT2D eigenvalue weighted by Crippen LogP contribution is -2.05. The Hall–Kier alpha value is -1.02. The number of unbranched alkanes of at least 4 members (excludes halogenated alkanes) is 5. The molecule has 0 unspecified atom stereocenters. The number of imidazole rings is 1. The number of aromatic nitrogens is 2. The van der Waals surface area contributed by atoms with Gasteiger partial charge in [-0.1, -0.05) is 51.2 Å². The first-order valence-electron chi connectivity index (χ1n) is 8.28. The zero-order chi connectivity index (χ0) is 15.1. The number of benzene rings is 1. The standard InChI is InChI=1S/C18H27ClN2/c1-3-4-5-6-7-8-14-21-16-11-9-10-15(2)18(16)20-17(21)12-13-19/h9-11H,3-8,12-14H2,1-2H3. The molecule has 0 N–H and O–H groups in total. The molecule has 2 aromatic rings. The third-order valence-electron chi connectivity index (χ3n) is 4.11. The molecule has 0 atom stereocenters. The molecule has 116 valence electrons. The minimum absolute atomic E-state index is 0.638. The number of hydrogen-bond acceptors (Lipinski definition) is 1. The van der Waals surface area contributed by atoms with E-state index < -0.39 is 0 Å². The van der Waals surface area contributed by atoms with Crippen molar-refractivity contribution in [3.05, 3.63) is 29.6 Å². The smallest absolute Gasteiger partial charge is 0.111 e. The first kappa shape index (κ1) is 16.4. The van der Waals surface area contributed by atoms with Crippen LogP contribution < -0.4 is 0 Å². The molecule has 3 heteroatoms. The van der Waals surface area contributed by atoms with Crippen molar-refractivity contribution in [2.24, 2.45) is 0 Å². The van der Waals surface area contributed by atoms with Crippen molar-refractivity contribution in [2.45, 2.75) is 65.3 Å². The van der Waals surface area contributed by atoms with Crippen molar-refractivity contribution in [2.75, 3.05) is 5.88 Å². The van der Waals surface area contributed by atoms with Crippen molar-refractivity contribution in [1.29, 1.82) is 0 Å². The normalized spacial score (nSPS) is 11.4. The topological polar surface area (TPSA) is 17.8 Å².